The summed E-state index contributed by atoms with van der Waals surface area (Å²) < 4.78 is 0. The van der Waals surface area contributed by atoms with Crippen molar-refractivity contribution in [1.82, 2.24) is 10.6 Å². The summed E-state index contributed by atoms with van der Waals surface area (Å²) in [7, 11) is 1.60. The fourth-order valence-electron chi connectivity index (χ4n) is 1.91. The number of amides is 1. The van der Waals surface area contributed by atoms with E-state index in [1.54, 1.807) is 13.1 Å². The number of carbonyl (C=O) groups is 1. The summed E-state index contributed by atoms with van der Waals surface area (Å²) in [6.45, 7) is 5.92. The maximum absolute atomic E-state index is 11.7. The zero-order chi connectivity index (χ0) is 14.6. The van der Waals surface area contributed by atoms with Crippen molar-refractivity contribution in [3.8, 4) is 11.5 Å². The van der Waals surface area contributed by atoms with Crippen molar-refractivity contribution in [1.29, 1.82) is 0 Å². The van der Waals surface area contributed by atoms with Crippen molar-refractivity contribution in [2.24, 2.45) is 5.41 Å². The van der Waals surface area contributed by atoms with Crippen LogP contribution in [0.2, 0.25) is 0 Å². The van der Waals surface area contributed by atoms with Gasteiger partial charge >= 0.3 is 0 Å². The number of nitrogens with one attached hydrogen (secondary N) is 2. The molecular weight excluding hydrogens is 244 g/mol. The van der Waals surface area contributed by atoms with E-state index in [0.717, 1.165) is 0 Å². The lowest BCUT2D eigenvalue weighted by Gasteiger charge is -2.26. The molecule has 5 heteroatoms. The van der Waals surface area contributed by atoms with Crippen molar-refractivity contribution < 1.29 is 15.0 Å². The molecule has 0 bridgehead atoms. The van der Waals surface area contributed by atoms with Gasteiger partial charge in [0.05, 0.1) is 11.0 Å². The monoisotopic (exact) mass is 266 g/mol. The highest BCUT2D eigenvalue weighted by molar-refractivity contribution is 5.81. The van der Waals surface area contributed by atoms with Gasteiger partial charge in [0.25, 0.3) is 0 Å². The van der Waals surface area contributed by atoms with E-state index in [1.165, 1.54) is 12.1 Å². The minimum Gasteiger partial charge on any atom is -0.507 e. The quantitative estimate of drug-likeness (QED) is 0.651. The van der Waals surface area contributed by atoms with Crippen LogP contribution in [0.4, 0.5) is 0 Å². The second-order valence-corrected chi connectivity index (χ2v) is 5.28. The first-order chi connectivity index (χ1) is 8.79. The minimum atomic E-state index is -0.566. The molecule has 0 saturated carbocycles. The minimum absolute atomic E-state index is 0.0396. The number of benzene rings is 1. The van der Waals surface area contributed by atoms with Crippen LogP contribution in [0, 0.1) is 5.41 Å². The molecule has 4 N–H and O–H groups in total. The van der Waals surface area contributed by atoms with E-state index >= 15 is 0 Å². The molecule has 1 atom stereocenters. The van der Waals surface area contributed by atoms with Crippen LogP contribution in [0.3, 0.4) is 0 Å². The lowest BCUT2D eigenvalue weighted by molar-refractivity contribution is -0.128. The average molecular weight is 266 g/mol. The second-order valence-electron chi connectivity index (χ2n) is 5.28. The Labute approximate surface area is 113 Å². The van der Waals surface area contributed by atoms with E-state index in [-0.39, 0.29) is 23.4 Å². The van der Waals surface area contributed by atoms with Crippen LogP contribution in [-0.2, 0) is 4.79 Å². The predicted octanol–water partition coefficient (Wildman–Crippen LogP) is 1.52. The summed E-state index contributed by atoms with van der Waals surface area (Å²) in [5.74, 6) is 0.0178. The van der Waals surface area contributed by atoms with Crippen molar-refractivity contribution in [2.75, 3.05) is 13.6 Å². The van der Waals surface area contributed by atoms with Gasteiger partial charge in [0.1, 0.15) is 11.5 Å². The van der Waals surface area contributed by atoms with Crippen molar-refractivity contribution >= 4 is 5.91 Å². The first-order valence-electron chi connectivity index (χ1n) is 6.26. The third-order valence-electron chi connectivity index (χ3n) is 3.19. The molecule has 0 saturated heterocycles. The Kier molecular flexibility index (Phi) is 4.78. The van der Waals surface area contributed by atoms with Crippen LogP contribution >= 0.6 is 0 Å². The van der Waals surface area contributed by atoms with Crippen LogP contribution in [0.15, 0.2) is 18.2 Å². The lowest BCUT2D eigenvalue weighted by Crippen LogP contribution is -2.42. The van der Waals surface area contributed by atoms with Gasteiger partial charge in [-0.2, -0.15) is 0 Å². The Morgan fingerprint density at radius 2 is 1.84 bits per heavy atom. The fraction of sp³-hybridized carbons (Fsp3) is 0.500. The number of carbonyl (C=O) groups excluding carboxylic acids is 1. The summed E-state index contributed by atoms with van der Waals surface area (Å²) in [6, 6.07) is 4.37. The average Bonchev–Trinajstić information content (AvgIpc) is 2.35. The largest absolute Gasteiger partial charge is 0.507 e. The summed E-state index contributed by atoms with van der Waals surface area (Å²) in [5.41, 5.74) is -0.126. The van der Waals surface area contributed by atoms with E-state index in [1.807, 2.05) is 20.8 Å². The Balaban J connectivity index is 2.76. The van der Waals surface area contributed by atoms with Gasteiger partial charge in [0, 0.05) is 19.6 Å². The number of rotatable bonds is 5. The van der Waals surface area contributed by atoms with Crippen LogP contribution in [0.5, 0.6) is 11.5 Å². The Bertz CT molecular complexity index is 438. The summed E-state index contributed by atoms with van der Waals surface area (Å²) in [6.07, 6.45) is 0. The van der Waals surface area contributed by atoms with E-state index in [2.05, 4.69) is 10.6 Å². The van der Waals surface area contributed by atoms with E-state index in [4.69, 9.17) is 0 Å². The number of hydrogen-bond donors (Lipinski definition) is 4. The summed E-state index contributed by atoms with van der Waals surface area (Å²) in [4.78, 5) is 11.7. The van der Waals surface area contributed by atoms with Crippen molar-refractivity contribution in [2.45, 2.75) is 26.8 Å². The summed E-state index contributed by atoms with van der Waals surface area (Å²) >= 11 is 0. The number of phenols is 2. The molecule has 1 rings (SSSR count). The van der Waals surface area contributed by atoms with Crippen molar-refractivity contribution in [3.63, 3.8) is 0 Å². The van der Waals surface area contributed by atoms with Gasteiger partial charge in [-0.25, -0.2) is 0 Å². The van der Waals surface area contributed by atoms with Crippen LogP contribution in [0.1, 0.15) is 32.4 Å². The molecule has 1 aromatic carbocycles. The molecule has 1 unspecified atom stereocenters. The summed E-state index contributed by atoms with van der Waals surface area (Å²) in [5, 5.41) is 25.3. The van der Waals surface area contributed by atoms with E-state index < -0.39 is 5.41 Å². The molecule has 1 aromatic rings. The van der Waals surface area contributed by atoms with Gasteiger partial charge in [-0.15, -0.1) is 0 Å². The molecule has 0 radical (unpaired) electrons. The maximum Gasteiger partial charge on any atom is 0.226 e. The van der Waals surface area contributed by atoms with E-state index in [0.29, 0.717) is 12.1 Å². The second kappa shape index (κ2) is 5.93. The van der Waals surface area contributed by atoms with Gasteiger partial charge in [0.2, 0.25) is 5.91 Å². The normalized spacial score (nSPS) is 13.1. The number of aromatic hydroxyl groups is 2. The number of hydrogen-bond acceptors (Lipinski definition) is 4. The highest BCUT2D eigenvalue weighted by Crippen LogP contribution is 2.32. The van der Waals surface area contributed by atoms with Crippen LogP contribution in [-0.4, -0.2) is 29.7 Å². The number of phenolic OH excluding ortho intramolecular Hbond substituents is 2. The molecule has 5 nitrogen and oxygen atoms in total. The molecule has 0 aliphatic heterocycles. The standard InChI is InChI=1S/C14H22N2O3/c1-9(12-10(17)6-5-7-11(12)18)16-8-14(2,3)13(19)15-4/h5-7,9,16-18H,8H2,1-4H3,(H,15,19). The van der Waals surface area contributed by atoms with Gasteiger partial charge in [-0.3, -0.25) is 4.79 Å². The Morgan fingerprint density at radius 3 is 2.32 bits per heavy atom. The van der Waals surface area contributed by atoms with Crippen LogP contribution < -0.4 is 10.6 Å². The molecule has 19 heavy (non-hydrogen) atoms. The smallest absolute Gasteiger partial charge is 0.226 e. The van der Waals surface area contributed by atoms with Gasteiger partial charge in [0.15, 0.2) is 0 Å². The van der Waals surface area contributed by atoms with Gasteiger partial charge in [-0.05, 0) is 32.9 Å². The Hall–Kier alpha value is -1.75. The first-order valence-corrected chi connectivity index (χ1v) is 6.26. The first kappa shape index (κ1) is 15.3. The SMILES string of the molecule is CNC(=O)C(C)(C)CNC(C)c1c(O)cccc1O. The van der Waals surface area contributed by atoms with Crippen molar-refractivity contribution in [3.05, 3.63) is 23.8 Å². The molecule has 0 heterocycles. The topological polar surface area (TPSA) is 81.6 Å². The molecule has 0 aliphatic carbocycles. The molecule has 106 valence electrons. The Morgan fingerprint density at radius 1 is 1.32 bits per heavy atom. The fourth-order valence-corrected chi connectivity index (χ4v) is 1.91. The highest BCUT2D eigenvalue weighted by Gasteiger charge is 2.27. The molecule has 0 spiro atoms. The van der Waals surface area contributed by atoms with Gasteiger partial charge in [-0.1, -0.05) is 6.07 Å². The predicted molar refractivity (Wildman–Crippen MR) is 74.0 cm³/mol. The third kappa shape index (κ3) is 3.61. The van der Waals surface area contributed by atoms with Crippen LogP contribution in [0.25, 0.3) is 0 Å². The lowest BCUT2D eigenvalue weighted by atomic mass is 9.91. The third-order valence-corrected chi connectivity index (χ3v) is 3.19. The zero-order valence-corrected chi connectivity index (χ0v) is 11.8. The maximum atomic E-state index is 11.7. The molecule has 1 amide bonds. The zero-order valence-electron chi connectivity index (χ0n) is 11.8. The van der Waals surface area contributed by atoms with Gasteiger partial charge < -0.3 is 20.8 Å². The molecule has 0 aliphatic rings. The molecule has 0 fully saturated rings. The van der Waals surface area contributed by atoms with E-state index in [9.17, 15) is 15.0 Å². The highest BCUT2D eigenvalue weighted by atomic mass is 16.3. The molecule has 0 aromatic heterocycles. The molecular formula is C14H22N2O3.